The summed E-state index contributed by atoms with van der Waals surface area (Å²) >= 11 is 0. The Hall–Kier alpha value is -1.89. The van der Waals surface area contributed by atoms with E-state index in [1.165, 1.54) is 0 Å². The normalized spacial score (nSPS) is 22.7. The Morgan fingerprint density at radius 1 is 1.04 bits per heavy atom. The molecule has 0 aromatic carbocycles. The van der Waals surface area contributed by atoms with E-state index in [0.717, 1.165) is 57.6 Å². The number of likely N-dealkylation sites (N-methyl/N-ethyl adjacent to an activating group) is 1. The molecule has 1 saturated carbocycles. The van der Waals surface area contributed by atoms with Gasteiger partial charge >= 0.3 is 0 Å². The fraction of sp³-hybridized carbons (Fsp3) is 0.737. The first kappa shape index (κ1) is 17.5. The second kappa shape index (κ2) is 7.39. The van der Waals surface area contributed by atoms with Crippen LogP contribution in [0.3, 0.4) is 0 Å². The molecule has 1 aromatic heterocycles. The smallest absolute Gasteiger partial charge is 0.276 e. The van der Waals surface area contributed by atoms with E-state index >= 15 is 0 Å². The van der Waals surface area contributed by atoms with Crippen LogP contribution in [0, 0.1) is 5.92 Å². The lowest BCUT2D eigenvalue weighted by Crippen LogP contribution is -2.48. The summed E-state index contributed by atoms with van der Waals surface area (Å²) in [4.78, 5) is 31.2. The van der Waals surface area contributed by atoms with Gasteiger partial charge in [-0.25, -0.2) is 0 Å². The van der Waals surface area contributed by atoms with Crippen LogP contribution in [0.4, 0.5) is 0 Å². The zero-order valence-electron chi connectivity index (χ0n) is 15.5. The fourth-order valence-electron chi connectivity index (χ4n) is 3.88. The van der Waals surface area contributed by atoms with Crippen molar-refractivity contribution in [1.29, 1.82) is 0 Å². The molecule has 3 heterocycles. The van der Waals surface area contributed by atoms with Crippen LogP contribution in [0.2, 0.25) is 0 Å². The van der Waals surface area contributed by atoms with Crippen LogP contribution in [0.5, 0.6) is 0 Å². The van der Waals surface area contributed by atoms with Crippen molar-refractivity contribution in [2.45, 2.75) is 38.0 Å². The van der Waals surface area contributed by atoms with Crippen LogP contribution < -0.4 is 0 Å². The minimum Gasteiger partial charge on any atom is -0.360 e. The monoisotopic (exact) mass is 360 g/mol. The first-order valence-corrected chi connectivity index (χ1v) is 9.82. The van der Waals surface area contributed by atoms with E-state index in [1.807, 2.05) is 15.9 Å². The van der Waals surface area contributed by atoms with Crippen molar-refractivity contribution in [3.05, 3.63) is 17.5 Å². The highest BCUT2D eigenvalue weighted by Crippen LogP contribution is 2.40. The van der Waals surface area contributed by atoms with Crippen LogP contribution in [-0.4, -0.2) is 78.0 Å². The Morgan fingerprint density at radius 2 is 1.73 bits per heavy atom. The third kappa shape index (κ3) is 3.92. The molecule has 0 spiro atoms. The van der Waals surface area contributed by atoms with Gasteiger partial charge in [0.05, 0.1) is 0 Å². The highest BCUT2D eigenvalue weighted by atomic mass is 16.5. The number of likely N-dealkylation sites (tertiary alicyclic amines) is 1. The molecule has 2 amide bonds. The SMILES string of the molecule is CN1CCN(C(=O)CC2CCN(C(=O)c3cc(C4CC4)on3)CC2)CC1. The average Bonchev–Trinajstić information content (AvgIpc) is 3.39. The summed E-state index contributed by atoms with van der Waals surface area (Å²) in [6.07, 6.45) is 4.66. The average molecular weight is 360 g/mol. The van der Waals surface area contributed by atoms with Crippen molar-refractivity contribution in [3.63, 3.8) is 0 Å². The van der Waals surface area contributed by atoms with Gasteiger partial charge in [-0.2, -0.15) is 0 Å². The number of amides is 2. The second-order valence-electron chi connectivity index (χ2n) is 8.01. The van der Waals surface area contributed by atoms with E-state index in [2.05, 4.69) is 17.1 Å². The lowest BCUT2D eigenvalue weighted by Gasteiger charge is -2.35. The summed E-state index contributed by atoms with van der Waals surface area (Å²) in [5, 5.41) is 3.96. The van der Waals surface area contributed by atoms with Gasteiger partial charge < -0.3 is 19.2 Å². The summed E-state index contributed by atoms with van der Waals surface area (Å²) in [6, 6.07) is 1.81. The predicted octanol–water partition coefficient (Wildman–Crippen LogP) is 1.57. The van der Waals surface area contributed by atoms with E-state index in [4.69, 9.17) is 4.52 Å². The van der Waals surface area contributed by atoms with E-state index in [9.17, 15) is 9.59 Å². The lowest BCUT2D eigenvalue weighted by atomic mass is 9.92. The number of hydrogen-bond donors (Lipinski definition) is 0. The van der Waals surface area contributed by atoms with Gasteiger partial charge in [-0.15, -0.1) is 0 Å². The molecule has 3 fully saturated rings. The molecule has 4 rings (SSSR count). The molecule has 26 heavy (non-hydrogen) atoms. The Bertz CT molecular complexity index is 653. The van der Waals surface area contributed by atoms with Gasteiger partial charge in [-0.05, 0) is 38.6 Å². The van der Waals surface area contributed by atoms with Crippen LogP contribution in [0.25, 0.3) is 0 Å². The Kier molecular flexibility index (Phi) is 4.98. The maximum Gasteiger partial charge on any atom is 0.276 e. The van der Waals surface area contributed by atoms with Crippen LogP contribution in [-0.2, 0) is 4.79 Å². The molecule has 1 aliphatic carbocycles. The first-order valence-electron chi connectivity index (χ1n) is 9.82. The summed E-state index contributed by atoms with van der Waals surface area (Å²) < 4.78 is 5.30. The van der Waals surface area contributed by atoms with Crippen molar-refractivity contribution in [2.75, 3.05) is 46.3 Å². The lowest BCUT2D eigenvalue weighted by molar-refractivity contribution is -0.134. The Labute approximate surface area is 154 Å². The zero-order chi connectivity index (χ0) is 18.1. The number of carbonyl (C=O) groups excluding carboxylic acids is 2. The molecule has 7 nitrogen and oxygen atoms in total. The summed E-state index contributed by atoms with van der Waals surface area (Å²) in [6.45, 7) is 4.99. The van der Waals surface area contributed by atoms with E-state index in [0.29, 0.717) is 37.0 Å². The van der Waals surface area contributed by atoms with Gasteiger partial charge in [0.15, 0.2) is 5.69 Å². The third-order valence-electron chi connectivity index (χ3n) is 5.95. The molecular formula is C19H28N4O3. The standard InChI is InChI=1S/C19H28N4O3/c1-21-8-10-22(11-9-21)18(24)12-14-4-6-23(7-5-14)19(25)16-13-17(26-20-16)15-2-3-15/h13-15H,2-12H2,1H3. The minimum absolute atomic E-state index is 0.0375. The highest BCUT2D eigenvalue weighted by Gasteiger charge is 2.31. The maximum absolute atomic E-state index is 12.6. The molecule has 142 valence electrons. The van der Waals surface area contributed by atoms with Gasteiger partial charge in [0.25, 0.3) is 5.91 Å². The van der Waals surface area contributed by atoms with Crippen LogP contribution in [0.15, 0.2) is 10.6 Å². The van der Waals surface area contributed by atoms with Crippen LogP contribution in [0.1, 0.15) is 54.3 Å². The minimum atomic E-state index is -0.0375. The molecule has 1 aromatic rings. The molecule has 0 bridgehead atoms. The fourth-order valence-corrected chi connectivity index (χ4v) is 3.88. The topological polar surface area (TPSA) is 69.9 Å². The van der Waals surface area contributed by atoms with Crippen molar-refractivity contribution in [1.82, 2.24) is 19.9 Å². The van der Waals surface area contributed by atoms with Crippen molar-refractivity contribution in [2.24, 2.45) is 5.92 Å². The second-order valence-corrected chi connectivity index (χ2v) is 8.01. The van der Waals surface area contributed by atoms with Crippen LogP contribution >= 0.6 is 0 Å². The predicted molar refractivity (Wildman–Crippen MR) is 95.8 cm³/mol. The number of rotatable bonds is 4. The van der Waals surface area contributed by atoms with Gasteiger partial charge in [0, 0.05) is 57.7 Å². The number of aromatic nitrogens is 1. The molecule has 7 heteroatoms. The highest BCUT2D eigenvalue weighted by molar-refractivity contribution is 5.92. The van der Waals surface area contributed by atoms with E-state index in [1.54, 1.807) is 0 Å². The number of carbonyl (C=O) groups is 2. The summed E-state index contributed by atoms with van der Waals surface area (Å²) in [7, 11) is 2.09. The molecule has 0 atom stereocenters. The summed E-state index contributed by atoms with van der Waals surface area (Å²) in [5.41, 5.74) is 0.430. The van der Waals surface area contributed by atoms with Crippen molar-refractivity contribution in [3.8, 4) is 0 Å². The summed E-state index contributed by atoms with van der Waals surface area (Å²) in [5.74, 6) is 1.93. The number of piperazine rings is 1. The quantitative estimate of drug-likeness (QED) is 0.815. The van der Waals surface area contributed by atoms with Gasteiger partial charge in [-0.3, -0.25) is 9.59 Å². The third-order valence-corrected chi connectivity index (χ3v) is 5.95. The largest absolute Gasteiger partial charge is 0.360 e. The molecule has 2 saturated heterocycles. The van der Waals surface area contributed by atoms with Gasteiger partial charge in [0.2, 0.25) is 5.91 Å². The first-order chi connectivity index (χ1) is 12.6. The van der Waals surface area contributed by atoms with Crippen molar-refractivity contribution < 1.29 is 14.1 Å². The maximum atomic E-state index is 12.6. The van der Waals surface area contributed by atoms with Gasteiger partial charge in [-0.1, -0.05) is 5.16 Å². The van der Waals surface area contributed by atoms with E-state index in [-0.39, 0.29) is 11.8 Å². The molecule has 3 aliphatic rings. The molecule has 0 N–H and O–H groups in total. The molecule has 0 unspecified atom stereocenters. The Balaban J connectivity index is 1.24. The van der Waals surface area contributed by atoms with Gasteiger partial charge in [0.1, 0.15) is 5.76 Å². The number of hydrogen-bond acceptors (Lipinski definition) is 5. The number of piperidine rings is 1. The molecular weight excluding hydrogens is 332 g/mol. The molecule has 2 aliphatic heterocycles. The zero-order valence-corrected chi connectivity index (χ0v) is 15.5. The number of nitrogens with zero attached hydrogens (tertiary/aromatic N) is 4. The van der Waals surface area contributed by atoms with Crippen molar-refractivity contribution >= 4 is 11.8 Å². The molecule has 0 radical (unpaired) electrons. The van der Waals surface area contributed by atoms with E-state index < -0.39 is 0 Å². The Morgan fingerprint density at radius 3 is 2.38 bits per heavy atom.